The van der Waals surface area contributed by atoms with E-state index in [-0.39, 0.29) is 24.3 Å². The number of benzene rings is 3. The normalized spacial score (nSPS) is 11.7. The lowest BCUT2D eigenvalue weighted by atomic mass is 9.89. The van der Waals surface area contributed by atoms with Gasteiger partial charge in [-0.05, 0) is 36.6 Å². The number of carbonyl (C=O) groups is 2. The Hall–Kier alpha value is -4.04. The lowest BCUT2D eigenvalue weighted by Crippen LogP contribution is -2.43. The van der Waals surface area contributed by atoms with Crippen molar-refractivity contribution >= 4 is 28.3 Å². The predicted molar refractivity (Wildman–Crippen MR) is 151 cm³/mol. The molecule has 2 amide bonds. The second-order valence-corrected chi connectivity index (χ2v) is 9.96. The van der Waals surface area contributed by atoms with Crippen molar-refractivity contribution in [1.29, 1.82) is 0 Å². The maximum absolute atomic E-state index is 14.0. The van der Waals surface area contributed by atoms with E-state index in [0.29, 0.717) is 16.7 Å². The molecule has 0 aliphatic heterocycles. The zero-order chi connectivity index (χ0) is 26.9. The minimum atomic E-state index is -0.442. The zero-order valence-electron chi connectivity index (χ0n) is 21.8. The number of hydrogen-bond donors (Lipinski definition) is 1. The highest BCUT2D eigenvalue weighted by Crippen LogP contribution is 2.30. The second kappa shape index (κ2) is 13.0. The van der Waals surface area contributed by atoms with Crippen LogP contribution in [0.4, 0.5) is 5.13 Å². The van der Waals surface area contributed by atoms with Crippen LogP contribution in [-0.2, 0) is 9.59 Å². The molecule has 0 aliphatic rings. The van der Waals surface area contributed by atoms with Crippen LogP contribution >= 0.6 is 11.3 Å². The highest BCUT2D eigenvalue weighted by molar-refractivity contribution is 7.18. The van der Waals surface area contributed by atoms with Gasteiger partial charge in [0, 0.05) is 24.6 Å². The first kappa shape index (κ1) is 27.0. The second-order valence-electron chi connectivity index (χ2n) is 8.99. The molecular formula is C30H32N4O3S. The smallest absolute Gasteiger partial charge is 0.234 e. The van der Waals surface area contributed by atoms with E-state index >= 15 is 0 Å². The standard InChI is InChI=1S/C30H32N4O3S/c1-4-21(2)34(29(36)27(22-12-7-5-8-13-22)23-14-9-6-10-15-23)19-18-26(35)31-30-33-32-28(38-30)24-16-11-17-25(20-24)37-3/h5-17,20-21,27H,4,18-19H2,1-3H3,(H,31,33,35). The van der Waals surface area contributed by atoms with Crippen LogP contribution in [0.1, 0.15) is 43.7 Å². The molecule has 38 heavy (non-hydrogen) atoms. The fourth-order valence-corrected chi connectivity index (χ4v) is 5.01. The minimum Gasteiger partial charge on any atom is -0.497 e. The highest BCUT2D eigenvalue weighted by atomic mass is 32.1. The number of methoxy groups -OCH3 is 1. The Bertz CT molecular complexity index is 1300. The largest absolute Gasteiger partial charge is 0.497 e. The summed E-state index contributed by atoms with van der Waals surface area (Å²) in [7, 11) is 1.61. The monoisotopic (exact) mass is 528 g/mol. The van der Waals surface area contributed by atoms with Gasteiger partial charge in [-0.2, -0.15) is 0 Å². The fraction of sp³-hybridized carbons (Fsp3) is 0.267. The van der Waals surface area contributed by atoms with Gasteiger partial charge >= 0.3 is 0 Å². The van der Waals surface area contributed by atoms with Gasteiger partial charge in [0.15, 0.2) is 0 Å². The number of rotatable bonds is 11. The van der Waals surface area contributed by atoms with Crippen molar-refractivity contribution in [2.75, 3.05) is 19.0 Å². The molecule has 1 unspecified atom stereocenters. The molecule has 196 valence electrons. The van der Waals surface area contributed by atoms with E-state index in [9.17, 15) is 9.59 Å². The summed E-state index contributed by atoms with van der Waals surface area (Å²) in [6, 6.07) is 27.1. The molecule has 0 fully saturated rings. The van der Waals surface area contributed by atoms with Crippen molar-refractivity contribution in [1.82, 2.24) is 15.1 Å². The molecule has 8 heteroatoms. The summed E-state index contributed by atoms with van der Waals surface area (Å²) in [4.78, 5) is 28.7. The van der Waals surface area contributed by atoms with Gasteiger partial charge in [-0.25, -0.2) is 0 Å². The summed E-state index contributed by atoms with van der Waals surface area (Å²) in [5.74, 6) is 0.0571. The first-order valence-corrected chi connectivity index (χ1v) is 13.5. The van der Waals surface area contributed by atoms with Crippen LogP contribution in [0.15, 0.2) is 84.9 Å². The lowest BCUT2D eigenvalue weighted by molar-refractivity contribution is -0.134. The molecule has 4 aromatic rings. The molecule has 1 N–H and O–H groups in total. The number of nitrogens with zero attached hydrogens (tertiary/aromatic N) is 3. The third-order valence-electron chi connectivity index (χ3n) is 6.49. The van der Waals surface area contributed by atoms with Crippen LogP contribution in [0.5, 0.6) is 5.75 Å². The molecule has 3 aromatic carbocycles. The van der Waals surface area contributed by atoms with Crippen LogP contribution in [-0.4, -0.2) is 46.6 Å². The summed E-state index contributed by atoms with van der Waals surface area (Å²) >= 11 is 1.29. The molecule has 1 aromatic heterocycles. The Kier molecular flexibility index (Phi) is 9.21. The van der Waals surface area contributed by atoms with Gasteiger partial charge in [0.1, 0.15) is 10.8 Å². The molecular weight excluding hydrogens is 496 g/mol. The first-order valence-electron chi connectivity index (χ1n) is 12.7. The number of amides is 2. The first-order chi connectivity index (χ1) is 18.5. The summed E-state index contributed by atoms with van der Waals surface area (Å²) in [6.07, 6.45) is 0.935. The number of ether oxygens (including phenoxy) is 1. The quantitative estimate of drug-likeness (QED) is 0.258. The van der Waals surface area contributed by atoms with Crippen molar-refractivity contribution in [3.8, 4) is 16.3 Å². The van der Waals surface area contributed by atoms with Gasteiger partial charge in [-0.15, -0.1) is 10.2 Å². The number of anilines is 1. The molecule has 0 aliphatic carbocycles. The van der Waals surface area contributed by atoms with Gasteiger partial charge in [-0.1, -0.05) is 91.1 Å². The lowest BCUT2D eigenvalue weighted by Gasteiger charge is -2.32. The van der Waals surface area contributed by atoms with Crippen molar-refractivity contribution in [3.63, 3.8) is 0 Å². The molecule has 0 radical (unpaired) electrons. The van der Waals surface area contributed by atoms with E-state index in [4.69, 9.17) is 4.74 Å². The predicted octanol–water partition coefficient (Wildman–Crippen LogP) is 6.00. The molecule has 0 saturated heterocycles. The molecule has 0 spiro atoms. The van der Waals surface area contributed by atoms with E-state index in [1.54, 1.807) is 7.11 Å². The number of hydrogen-bond acceptors (Lipinski definition) is 6. The van der Waals surface area contributed by atoms with Crippen LogP contribution in [0, 0.1) is 0 Å². The van der Waals surface area contributed by atoms with Gasteiger partial charge in [0.2, 0.25) is 16.9 Å². The van der Waals surface area contributed by atoms with E-state index in [0.717, 1.165) is 28.9 Å². The van der Waals surface area contributed by atoms with Gasteiger partial charge in [0.25, 0.3) is 0 Å². The summed E-state index contributed by atoms with van der Waals surface area (Å²) in [5, 5.41) is 12.3. The van der Waals surface area contributed by atoms with E-state index in [1.165, 1.54) is 11.3 Å². The molecule has 0 saturated carbocycles. The molecule has 4 rings (SSSR count). The number of carbonyl (C=O) groups excluding carboxylic acids is 2. The number of aromatic nitrogens is 2. The Morgan fingerprint density at radius 1 is 0.947 bits per heavy atom. The SMILES string of the molecule is CCC(C)N(CCC(=O)Nc1nnc(-c2cccc(OC)c2)s1)C(=O)C(c1ccccc1)c1ccccc1. The molecule has 0 bridgehead atoms. The molecule has 1 atom stereocenters. The van der Waals surface area contributed by atoms with Crippen molar-refractivity contribution in [2.45, 2.75) is 38.6 Å². The highest BCUT2D eigenvalue weighted by Gasteiger charge is 2.30. The topological polar surface area (TPSA) is 84.4 Å². The Morgan fingerprint density at radius 3 is 2.21 bits per heavy atom. The van der Waals surface area contributed by atoms with Crippen molar-refractivity contribution < 1.29 is 14.3 Å². The Morgan fingerprint density at radius 2 is 1.61 bits per heavy atom. The van der Waals surface area contributed by atoms with Crippen LogP contribution in [0.25, 0.3) is 10.6 Å². The van der Waals surface area contributed by atoms with Gasteiger partial charge in [-0.3, -0.25) is 9.59 Å². The summed E-state index contributed by atoms with van der Waals surface area (Å²) < 4.78 is 5.28. The zero-order valence-corrected chi connectivity index (χ0v) is 22.7. The fourth-order valence-electron chi connectivity index (χ4n) is 4.25. The Labute approximate surface area is 227 Å². The average Bonchev–Trinajstić information content (AvgIpc) is 3.42. The van der Waals surface area contributed by atoms with Gasteiger partial charge in [0.05, 0.1) is 13.0 Å². The van der Waals surface area contributed by atoms with Crippen molar-refractivity contribution in [2.24, 2.45) is 0 Å². The maximum atomic E-state index is 14.0. The molecule has 1 heterocycles. The minimum absolute atomic E-state index is 0.0132. The van der Waals surface area contributed by atoms with Gasteiger partial charge < -0.3 is 15.0 Å². The molecule has 7 nitrogen and oxygen atoms in total. The number of nitrogens with one attached hydrogen (secondary N) is 1. The van der Waals surface area contributed by atoms with E-state index < -0.39 is 5.92 Å². The van der Waals surface area contributed by atoms with Crippen LogP contribution in [0.2, 0.25) is 0 Å². The maximum Gasteiger partial charge on any atom is 0.234 e. The summed E-state index contributed by atoms with van der Waals surface area (Å²) in [5.41, 5.74) is 2.73. The average molecular weight is 529 g/mol. The van der Waals surface area contributed by atoms with E-state index in [1.807, 2.05) is 104 Å². The van der Waals surface area contributed by atoms with Crippen LogP contribution in [0.3, 0.4) is 0 Å². The van der Waals surface area contributed by atoms with Crippen molar-refractivity contribution in [3.05, 3.63) is 96.1 Å². The third kappa shape index (κ3) is 6.63. The Balaban J connectivity index is 1.47. The van der Waals surface area contributed by atoms with Crippen LogP contribution < -0.4 is 10.1 Å². The summed E-state index contributed by atoms with van der Waals surface area (Å²) in [6.45, 7) is 4.37. The third-order valence-corrected chi connectivity index (χ3v) is 7.37. The van der Waals surface area contributed by atoms with E-state index in [2.05, 4.69) is 15.5 Å².